The molecule has 28 heavy (non-hydrogen) atoms. The minimum Gasteiger partial charge on any atom is -0.431 e. The minimum absolute atomic E-state index is 0.0670. The van der Waals surface area contributed by atoms with Gasteiger partial charge in [0.1, 0.15) is 17.0 Å². The molecule has 0 saturated carbocycles. The Kier molecular flexibility index (Phi) is 5.21. The second kappa shape index (κ2) is 8.10. The van der Waals surface area contributed by atoms with Crippen molar-refractivity contribution in [1.29, 1.82) is 0 Å². The lowest BCUT2D eigenvalue weighted by molar-refractivity contribution is -0.131. The van der Waals surface area contributed by atoms with Gasteiger partial charge in [0.25, 0.3) is 5.22 Å². The van der Waals surface area contributed by atoms with Crippen molar-refractivity contribution in [2.75, 3.05) is 5.75 Å². The molecule has 6 heteroatoms. The van der Waals surface area contributed by atoms with Gasteiger partial charge in [-0.05, 0) is 36.4 Å². The average molecular weight is 389 g/mol. The third kappa shape index (κ3) is 4.13. The number of fused-ring (bicyclic) bond motifs is 1. The molecule has 0 N–H and O–H groups in total. The Bertz CT molecular complexity index is 1090. The fourth-order valence-corrected chi connectivity index (χ4v) is 3.24. The predicted octanol–water partition coefficient (Wildman–Crippen LogP) is 4.76. The van der Waals surface area contributed by atoms with Crippen LogP contribution in [0.4, 0.5) is 0 Å². The first-order valence-corrected chi connectivity index (χ1v) is 9.56. The average Bonchev–Trinajstić information content (AvgIpc) is 3.16. The predicted molar refractivity (Wildman–Crippen MR) is 107 cm³/mol. The maximum atomic E-state index is 12.4. The lowest BCUT2D eigenvalue weighted by atomic mass is 10.0. The van der Waals surface area contributed by atoms with Crippen molar-refractivity contribution in [3.05, 3.63) is 90.0 Å². The molecule has 3 aromatic carbocycles. The van der Waals surface area contributed by atoms with Gasteiger partial charge in [-0.15, -0.1) is 0 Å². The van der Waals surface area contributed by atoms with Gasteiger partial charge in [0, 0.05) is 11.1 Å². The number of thioether (sulfide) groups is 1. The second-order valence-corrected chi connectivity index (χ2v) is 6.86. The lowest BCUT2D eigenvalue weighted by Crippen LogP contribution is -2.11. The van der Waals surface area contributed by atoms with Crippen LogP contribution >= 0.6 is 11.8 Å². The molecule has 4 aromatic rings. The highest BCUT2D eigenvalue weighted by Crippen LogP contribution is 2.23. The van der Waals surface area contributed by atoms with Crippen LogP contribution in [0.3, 0.4) is 0 Å². The first-order valence-electron chi connectivity index (χ1n) is 8.58. The van der Waals surface area contributed by atoms with Crippen LogP contribution in [0.25, 0.3) is 11.1 Å². The van der Waals surface area contributed by atoms with Crippen LogP contribution in [0.5, 0.6) is 5.75 Å². The van der Waals surface area contributed by atoms with Crippen LogP contribution in [0.2, 0.25) is 0 Å². The number of hydrogen-bond acceptors (Lipinski definition) is 6. The Morgan fingerprint density at radius 2 is 1.54 bits per heavy atom. The molecule has 0 aliphatic rings. The molecule has 138 valence electrons. The Hall–Kier alpha value is -3.38. The Labute approximate surface area is 165 Å². The summed E-state index contributed by atoms with van der Waals surface area (Å²) in [4.78, 5) is 28.7. The van der Waals surface area contributed by atoms with Gasteiger partial charge in [0.15, 0.2) is 11.4 Å². The number of oxazole rings is 1. The van der Waals surface area contributed by atoms with Gasteiger partial charge in [0.2, 0.25) is 0 Å². The highest BCUT2D eigenvalue weighted by Gasteiger charge is 2.12. The molecule has 0 spiro atoms. The van der Waals surface area contributed by atoms with E-state index in [-0.39, 0.29) is 11.5 Å². The summed E-state index contributed by atoms with van der Waals surface area (Å²) in [5.41, 5.74) is 2.57. The zero-order chi connectivity index (χ0) is 19.3. The number of esters is 1. The molecule has 0 fully saturated rings. The van der Waals surface area contributed by atoms with E-state index in [9.17, 15) is 9.59 Å². The summed E-state index contributed by atoms with van der Waals surface area (Å²) in [6.07, 6.45) is 0. The van der Waals surface area contributed by atoms with E-state index >= 15 is 0 Å². The van der Waals surface area contributed by atoms with Gasteiger partial charge >= 0.3 is 5.97 Å². The number of ketones is 1. The fraction of sp³-hybridized carbons (Fsp3) is 0.0455. The van der Waals surface area contributed by atoms with E-state index < -0.39 is 5.97 Å². The van der Waals surface area contributed by atoms with Crippen LogP contribution in [0, 0.1) is 0 Å². The fourth-order valence-electron chi connectivity index (χ4n) is 2.62. The van der Waals surface area contributed by atoms with E-state index in [2.05, 4.69) is 4.98 Å². The number of para-hydroxylation sites is 2. The van der Waals surface area contributed by atoms with E-state index in [4.69, 9.17) is 9.15 Å². The first-order chi connectivity index (χ1) is 13.7. The number of benzene rings is 3. The number of aromatic nitrogens is 1. The monoisotopic (exact) mass is 389 g/mol. The molecule has 0 radical (unpaired) electrons. The van der Waals surface area contributed by atoms with Crippen LogP contribution in [-0.2, 0) is 4.79 Å². The van der Waals surface area contributed by atoms with Crippen LogP contribution in [0.15, 0.2) is 88.5 Å². The van der Waals surface area contributed by atoms with Gasteiger partial charge in [-0.25, -0.2) is 4.98 Å². The highest BCUT2D eigenvalue weighted by atomic mass is 32.2. The van der Waals surface area contributed by atoms with Crippen molar-refractivity contribution < 1.29 is 18.7 Å². The summed E-state index contributed by atoms with van der Waals surface area (Å²) >= 11 is 1.17. The number of rotatable bonds is 6. The zero-order valence-electron chi connectivity index (χ0n) is 14.7. The molecule has 0 bridgehead atoms. The van der Waals surface area contributed by atoms with Crippen LogP contribution in [-0.4, -0.2) is 22.5 Å². The van der Waals surface area contributed by atoms with Gasteiger partial charge < -0.3 is 9.15 Å². The standard InChI is InChI=1S/C22H15NO4S/c24-20(14-28-22-23-18-8-4-5-9-19(18)27-22)26-17-12-10-16(11-13-17)21(25)15-6-2-1-3-7-15/h1-13H,14H2. The molecule has 0 aliphatic heterocycles. The molecule has 0 unspecified atom stereocenters. The summed E-state index contributed by atoms with van der Waals surface area (Å²) in [7, 11) is 0. The zero-order valence-corrected chi connectivity index (χ0v) is 15.5. The van der Waals surface area contributed by atoms with E-state index in [0.29, 0.717) is 27.7 Å². The molecule has 0 atom stereocenters. The van der Waals surface area contributed by atoms with Crippen molar-refractivity contribution in [2.45, 2.75) is 5.22 Å². The third-order valence-corrected chi connectivity index (χ3v) is 4.77. The van der Waals surface area contributed by atoms with Gasteiger partial charge in [-0.3, -0.25) is 9.59 Å². The molecule has 4 rings (SSSR count). The summed E-state index contributed by atoms with van der Waals surface area (Å²) in [6.45, 7) is 0. The number of carbonyl (C=O) groups excluding carboxylic acids is 2. The molecule has 0 amide bonds. The SMILES string of the molecule is O=C(CSc1nc2ccccc2o1)Oc1ccc(C(=O)c2ccccc2)cc1. The maximum Gasteiger partial charge on any atom is 0.321 e. The van der Waals surface area contributed by atoms with E-state index in [1.165, 1.54) is 11.8 Å². The molecule has 0 saturated heterocycles. The Balaban J connectivity index is 1.34. The number of nitrogens with zero attached hydrogens (tertiary/aromatic N) is 1. The van der Waals surface area contributed by atoms with Crippen molar-refractivity contribution in [2.24, 2.45) is 0 Å². The van der Waals surface area contributed by atoms with Gasteiger partial charge in [0.05, 0.1) is 0 Å². The molecular weight excluding hydrogens is 374 g/mol. The van der Waals surface area contributed by atoms with E-state index in [0.717, 1.165) is 5.52 Å². The van der Waals surface area contributed by atoms with Crippen LogP contribution < -0.4 is 4.74 Å². The molecule has 1 aromatic heterocycles. The van der Waals surface area contributed by atoms with E-state index in [1.54, 1.807) is 36.4 Å². The summed E-state index contributed by atoms with van der Waals surface area (Å²) in [5.74, 6) is -0.0514. The van der Waals surface area contributed by atoms with Crippen molar-refractivity contribution in [3.8, 4) is 5.75 Å². The third-order valence-electron chi connectivity index (χ3n) is 3.97. The van der Waals surface area contributed by atoms with Gasteiger partial charge in [-0.2, -0.15) is 0 Å². The highest BCUT2D eigenvalue weighted by molar-refractivity contribution is 7.99. The normalized spacial score (nSPS) is 10.7. The number of carbonyl (C=O) groups is 2. The molecule has 5 nitrogen and oxygen atoms in total. The Morgan fingerprint density at radius 3 is 2.29 bits per heavy atom. The largest absolute Gasteiger partial charge is 0.431 e. The second-order valence-electron chi connectivity index (χ2n) is 5.93. The first kappa shape index (κ1) is 18.0. The summed E-state index contributed by atoms with van der Waals surface area (Å²) in [6, 6.07) is 22.9. The van der Waals surface area contributed by atoms with Gasteiger partial charge in [-0.1, -0.05) is 54.2 Å². The molecular formula is C22H15NO4S. The quantitative estimate of drug-likeness (QED) is 0.205. The smallest absolute Gasteiger partial charge is 0.321 e. The number of hydrogen-bond donors (Lipinski definition) is 0. The van der Waals surface area contributed by atoms with E-state index in [1.807, 2.05) is 42.5 Å². The summed E-state index contributed by atoms with van der Waals surface area (Å²) in [5, 5.41) is 0.418. The van der Waals surface area contributed by atoms with Crippen molar-refractivity contribution in [3.63, 3.8) is 0 Å². The van der Waals surface area contributed by atoms with Crippen LogP contribution in [0.1, 0.15) is 15.9 Å². The number of ether oxygens (including phenoxy) is 1. The topological polar surface area (TPSA) is 69.4 Å². The van der Waals surface area contributed by atoms with Crippen molar-refractivity contribution in [1.82, 2.24) is 4.98 Å². The minimum atomic E-state index is -0.422. The maximum absolute atomic E-state index is 12.4. The lowest BCUT2D eigenvalue weighted by Gasteiger charge is -2.05. The molecule has 1 heterocycles. The Morgan fingerprint density at radius 1 is 0.857 bits per heavy atom. The molecule has 0 aliphatic carbocycles. The summed E-state index contributed by atoms with van der Waals surface area (Å²) < 4.78 is 10.9. The van der Waals surface area contributed by atoms with Crippen molar-refractivity contribution >= 4 is 34.6 Å².